The SMILES string of the molecule is CC(=O)Nc1ccc(C(C)(C)C)cc1.CC(C)(C)c1ccccc1.CNC(C)=O. The predicted molar refractivity (Wildman–Crippen MR) is 124 cm³/mol. The van der Waals surface area contributed by atoms with E-state index in [4.69, 9.17) is 0 Å². The quantitative estimate of drug-likeness (QED) is 0.649. The molecule has 2 aromatic rings. The molecular formula is C25H38N2O2. The summed E-state index contributed by atoms with van der Waals surface area (Å²) >= 11 is 0. The Balaban J connectivity index is 0.000000455. The smallest absolute Gasteiger partial charge is 0.221 e. The third kappa shape index (κ3) is 12.5. The molecule has 4 nitrogen and oxygen atoms in total. The molecule has 29 heavy (non-hydrogen) atoms. The van der Waals surface area contributed by atoms with Crippen molar-refractivity contribution in [1.29, 1.82) is 0 Å². The first-order chi connectivity index (χ1) is 13.3. The average Bonchev–Trinajstić information content (AvgIpc) is 2.62. The van der Waals surface area contributed by atoms with E-state index < -0.39 is 0 Å². The summed E-state index contributed by atoms with van der Waals surface area (Å²) in [6.07, 6.45) is 0. The molecule has 0 atom stereocenters. The van der Waals surface area contributed by atoms with Crippen molar-refractivity contribution in [2.75, 3.05) is 12.4 Å². The highest BCUT2D eigenvalue weighted by molar-refractivity contribution is 5.88. The van der Waals surface area contributed by atoms with Crippen LogP contribution in [0.5, 0.6) is 0 Å². The van der Waals surface area contributed by atoms with Crippen LogP contribution in [0.15, 0.2) is 54.6 Å². The standard InChI is InChI=1S/C12H17NO.C10H14.C3H7NO/c1-9(14)13-11-7-5-10(6-8-11)12(2,3)4;1-10(2,3)9-7-5-4-6-8-9;1-3(5)4-2/h5-8H,1-4H3,(H,13,14);4-8H,1-3H3;1-2H3,(H,4,5). The molecule has 4 heteroatoms. The van der Waals surface area contributed by atoms with E-state index in [1.165, 1.54) is 25.0 Å². The van der Waals surface area contributed by atoms with Crippen molar-refractivity contribution in [3.8, 4) is 0 Å². The van der Waals surface area contributed by atoms with E-state index in [1.54, 1.807) is 7.05 Å². The highest BCUT2D eigenvalue weighted by Crippen LogP contribution is 2.23. The molecule has 0 aliphatic carbocycles. The Bertz CT molecular complexity index is 737. The monoisotopic (exact) mass is 398 g/mol. The summed E-state index contributed by atoms with van der Waals surface area (Å²) in [5.41, 5.74) is 3.97. The zero-order chi connectivity index (χ0) is 22.7. The number of rotatable bonds is 1. The normalized spacial score (nSPS) is 10.5. The largest absolute Gasteiger partial charge is 0.359 e. The first-order valence-electron chi connectivity index (χ1n) is 9.89. The number of benzene rings is 2. The molecule has 0 aromatic heterocycles. The summed E-state index contributed by atoms with van der Waals surface area (Å²) < 4.78 is 0. The Morgan fingerprint density at radius 2 is 1.03 bits per heavy atom. The van der Waals surface area contributed by atoms with Gasteiger partial charge in [-0.2, -0.15) is 0 Å². The van der Waals surface area contributed by atoms with E-state index in [-0.39, 0.29) is 17.2 Å². The van der Waals surface area contributed by atoms with Crippen LogP contribution >= 0.6 is 0 Å². The number of nitrogens with one attached hydrogen (secondary N) is 2. The van der Waals surface area contributed by atoms with Gasteiger partial charge in [0.25, 0.3) is 0 Å². The third-order valence-electron chi connectivity index (χ3n) is 4.06. The van der Waals surface area contributed by atoms with Crippen LogP contribution in [0, 0.1) is 0 Å². The van der Waals surface area contributed by atoms with Gasteiger partial charge in [0.1, 0.15) is 0 Å². The van der Waals surface area contributed by atoms with Gasteiger partial charge < -0.3 is 10.6 Å². The molecule has 0 unspecified atom stereocenters. The molecule has 2 amide bonds. The van der Waals surface area contributed by atoms with Crippen LogP contribution < -0.4 is 10.6 Å². The number of hydrogen-bond donors (Lipinski definition) is 2. The highest BCUT2D eigenvalue weighted by atomic mass is 16.1. The van der Waals surface area contributed by atoms with Crippen LogP contribution in [-0.2, 0) is 20.4 Å². The minimum atomic E-state index is -0.0338. The van der Waals surface area contributed by atoms with E-state index in [1.807, 2.05) is 24.3 Å². The van der Waals surface area contributed by atoms with Crippen molar-refractivity contribution in [2.24, 2.45) is 0 Å². The molecule has 0 heterocycles. The van der Waals surface area contributed by atoms with Crippen molar-refractivity contribution < 1.29 is 9.59 Å². The summed E-state index contributed by atoms with van der Waals surface area (Å²) in [6, 6.07) is 18.5. The molecular weight excluding hydrogens is 360 g/mol. The molecule has 160 valence electrons. The first-order valence-corrected chi connectivity index (χ1v) is 9.89. The maximum Gasteiger partial charge on any atom is 0.221 e. The van der Waals surface area contributed by atoms with Crippen LogP contribution in [-0.4, -0.2) is 18.9 Å². The lowest BCUT2D eigenvalue weighted by Crippen LogP contribution is -2.11. The van der Waals surface area contributed by atoms with E-state index in [9.17, 15) is 9.59 Å². The van der Waals surface area contributed by atoms with Gasteiger partial charge >= 0.3 is 0 Å². The van der Waals surface area contributed by atoms with Gasteiger partial charge in [0.15, 0.2) is 0 Å². The fourth-order valence-electron chi connectivity index (χ4n) is 2.19. The average molecular weight is 399 g/mol. The maximum atomic E-state index is 10.8. The number of amides is 2. The number of hydrogen-bond acceptors (Lipinski definition) is 2. The van der Waals surface area contributed by atoms with Crippen molar-refractivity contribution >= 4 is 17.5 Å². The molecule has 2 rings (SSSR count). The highest BCUT2D eigenvalue weighted by Gasteiger charge is 2.13. The Labute approximate surface area is 177 Å². The van der Waals surface area contributed by atoms with Crippen LogP contribution in [0.2, 0.25) is 0 Å². The predicted octanol–water partition coefficient (Wildman–Crippen LogP) is 5.68. The zero-order valence-electron chi connectivity index (χ0n) is 19.5. The summed E-state index contributed by atoms with van der Waals surface area (Å²) in [6.45, 7) is 16.2. The van der Waals surface area contributed by atoms with Gasteiger partial charge in [0, 0.05) is 26.6 Å². The summed E-state index contributed by atoms with van der Waals surface area (Å²) in [5, 5.41) is 5.13. The summed E-state index contributed by atoms with van der Waals surface area (Å²) in [7, 11) is 1.60. The van der Waals surface area contributed by atoms with Gasteiger partial charge in [-0.1, -0.05) is 84.0 Å². The Kier molecular flexibility index (Phi) is 11.0. The number of carbonyl (C=O) groups is 2. The van der Waals surface area contributed by atoms with Gasteiger partial charge in [0.05, 0.1) is 0 Å². The summed E-state index contributed by atoms with van der Waals surface area (Å²) in [5.74, 6) is -0.0292. The fraction of sp³-hybridized carbons (Fsp3) is 0.440. The maximum absolute atomic E-state index is 10.8. The molecule has 0 radical (unpaired) electrons. The molecule has 0 fully saturated rings. The topological polar surface area (TPSA) is 58.2 Å². The molecule has 0 bridgehead atoms. The van der Waals surface area contributed by atoms with Crippen molar-refractivity contribution in [3.05, 3.63) is 65.7 Å². The first kappa shape index (κ1) is 26.4. The van der Waals surface area contributed by atoms with E-state index in [0.717, 1.165) is 5.69 Å². The fourth-order valence-corrected chi connectivity index (χ4v) is 2.19. The second-order valence-electron chi connectivity index (χ2n) is 8.93. The van der Waals surface area contributed by atoms with Gasteiger partial charge in [-0.15, -0.1) is 0 Å². The minimum absolute atomic E-state index is 0.00463. The van der Waals surface area contributed by atoms with Crippen molar-refractivity contribution in [2.45, 2.75) is 66.2 Å². The van der Waals surface area contributed by atoms with Gasteiger partial charge in [-0.25, -0.2) is 0 Å². The van der Waals surface area contributed by atoms with E-state index in [0.29, 0.717) is 5.41 Å². The van der Waals surface area contributed by atoms with Crippen molar-refractivity contribution in [3.63, 3.8) is 0 Å². The summed E-state index contributed by atoms with van der Waals surface area (Å²) in [4.78, 5) is 20.5. The van der Waals surface area contributed by atoms with E-state index in [2.05, 4.69) is 82.5 Å². The molecule has 0 aliphatic heterocycles. The third-order valence-corrected chi connectivity index (χ3v) is 4.06. The number of carbonyl (C=O) groups excluding carboxylic acids is 2. The zero-order valence-corrected chi connectivity index (χ0v) is 19.5. The lowest BCUT2D eigenvalue weighted by Gasteiger charge is -2.19. The van der Waals surface area contributed by atoms with Crippen LogP contribution in [0.1, 0.15) is 66.5 Å². The van der Waals surface area contributed by atoms with Crippen molar-refractivity contribution in [1.82, 2.24) is 5.32 Å². The van der Waals surface area contributed by atoms with Crippen LogP contribution in [0.3, 0.4) is 0 Å². The minimum Gasteiger partial charge on any atom is -0.359 e. The second-order valence-corrected chi connectivity index (χ2v) is 8.93. The lowest BCUT2D eigenvalue weighted by molar-refractivity contribution is -0.118. The van der Waals surface area contributed by atoms with Gasteiger partial charge in [0.2, 0.25) is 11.8 Å². The van der Waals surface area contributed by atoms with Crippen LogP contribution in [0.4, 0.5) is 5.69 Å². The molecule has 0 spiro atoms. The molecule has 0 saturated carbocycles. The molecule has 0 aliphatic rings. The Hall–Kier alpha value is -2.62. The second kappa shape index (κ2) is 12.1. The van der Waals surface area contributed by atoms with Gasteiger partial charge in [-0.05, 0) is 34.1 Å². The van der Waals surface area contributed by atoms with Gasteiger partial charge in [-0.3, -0.25) is 9.59 Å². The molecule has 0 saturated heterocycles. The molecule has 2 N–H and O–H groups in total. The molecule has 2 aromatic carbocycles. The van der Waals surface area contributed by atoms with Crippen LogP contribution in [0.25, 0.3) is 0 Å². The number of anilines is 1. The Morgan fingerprint density at radius 3 is 1.31 bits per heavy atom. The lowest BCUT2D eigenvalue weighted by atomic mass is 9.87. The van der Waals surface area contributed by atoms with E-state index >= 15 is 0 Å². The Morgan fingerprint density at radius 1 is 0.655 bits per heavy atom.